The molecule has 7 rings (SSSR count). The van der Waals surface area contributed by atoms with Crippen LogP contribution in [0.2, 0.25) is 0 Å². The van der Waals surface area contributed by atoms with Crippen molar-refractivity contribution in [3.8, 4) is 11.3 Å². The summed E-state index contributed by atoms with van der Waals surface area (Å²) in [5, 5.41) is 8.96. The van der Waals surface area contributed by atoms with E-state index in [1.165, 1.54) is 6.07 Å². The number of alkyl halides is 3. The van der Waals surface area contributed by atoms with Crippen molar-refractivity contribution in [2.75, 3.05) is 38.0 Å². The summed E-state index contributed by atoms with van der Waals surface area (Å²) in [5.74, 6) is 0.319. The largest absolute Gasteiger partial charge is 0.433 e. The van der Waals surface area contributed by atoms with Crippen molar-refractivity contribution in [3.05, 3.63) is 54.4 Å². The van der Waals surface area contributed by atoms with E-state index in [-0.39, 0.29) is 11.6 Å². The normalized spacial score (nSPS) is 24.0. The van der Waals surface area contributed by atoms with Gasteiger partial charge in [0, 0.05) is 61.6 Å². The molecule has 2 aliphatic heterocycles. The van der Waals surface area contributed by atoms with Crippen LogP contribution in [0.1, 0.15) is 43.4 Å². The number of anilines is 1. The molecule has 10 nitrogen and oxygen atoms in total. The van der Waals surface area contributed by atoms with E-state index >= 15 is 0 Å². The third-order valence-corrected chi connectivity index (χ3v) is 9.24. The van der Waals surface area contributed by atoms with Crippen molar-refractivity contribution in [1.82, 2.24) is 39.5 Å². The van der Waals surface area contributed by atoms with Gasteiger partial charge in [-0.05, 0) is 69.0 Å². The first kappa shape index (κ1) is 27.3. The molecule has 13 heteroatoms. The second kappa shape index (κ2) is 10.6. The summed E-state index contributed by atoms with van der Waals surface area (Å²) >= 11 is 0. The second-order valence-electron chi connectivity index (χ2n) is 12.0. The van der Waals surface area contributed by atoms with Crippen LogP contribution in [-0.2, 0) is 18.3 Å². The van der Waals surface area contributed by atoms with Crippen LogP contribution in [0.15, 0.2) is 43.1 Å². The molecule has 3 fully saturated rings. The van der Waals surface area contributed by atoms with Gasteiger partial charge in [0.2, 0.25) is 0 Å². The van der Waals surface area contributed by atoms with E-state index in [2.05, 4.69) is 35.1 Å². The Morgan fingerprint density at radius 3 is 2.62 bits per heavy atom. The van der Waals surface area contributed by atoms with Crippen molar-refractivity contribution in [1.29, 1.82) is 0 Å². The summed E-state index contributed by atoms with van der Waals surface area (Å²) in [6, 6.07) is 5.41. The average Bonchev–Trinajstić information content (AvgIpc) is 3.61. The van der Waals surface area contributed by atoms with E-state index in [1.54, 1.807) is 12.4 Å². The van der Waals surface area contributed by atoms with E-state index in [0.29, 0.717) is 30.5 Å². The fourth-order valence-electron chi connectivity index (χ4n) is 6.64. The minimum atomic E-state index is -4.47. The Morgan fingerprint density at radius 2 is 1.90 bits per heavy atom. The molecule has 0 bridgehead atoms. The maximum absolute atomic E-state index is 13.6. The maximum atomic E-state index is 13.6. The molecule has 1 aliphatic carbocycles. The van der Waals surface area contributed by atoms with Crippen molar-refractivity contribution in [3.63, 3.8) is 0 Å². The summed E-state index contributed by atoms with van der Waals surface area (Å²) in [6.07, 6.45) is 7.40. The van der Waals surface area contributed by atoms with Crippen LogP contribution in [-0.4, -0.2) is 84.3 Å². The molecule has 0 radical (unpaired) electrons. The molecule has 2 saturated heterocycles. The van der Waals surface area contributed by atoms with Crippen molar-refractivity contribution in [2.45, 2.75) is 62.4 Å². The predicted molar refractivity (Wildman–Crippen MR) is 153 cm³/mol. The molecular formula is C29H35F3N10. The van der Waals surface area contributed by atoms with E-state index < -0.39 is 11.9 Å². The minimum absolute atomic E-state index is 0.0836. The van der Waals surface area contributed by atoms with Gasteiger partial charge < -0.3 is 20.9 Å². The van der Waals surface area contributed by atoms with Gasteiger partial charge >= 0.3 is 6.18 Å². The monoisotopic (exact) mass is 580 g/mol. The molecule has 42 heavy (non-hydrogen) atoms. The van der Waals surface area contributed by atoms with Crippen LogP contribution in [0.3, 0.4) is 0 Å². The minimum Gasteiger partial charge on any atom is -0.367 e. The van der Waals surface area contributed by atoms with Crippen LogP contribution < -0.4 is 11.1 Å². The molecule has 0 spiro atoms. The molecule has 0 unspecified atom stereocenters. The maximum Gasteiger partial charge on any atom is 0.433 e. The number of pyridine rings is 1. The number of hydrogen-bond acceptors (Lipinski definition) is 8. The molecule has 4 N–H and O–H groups in total. The fourth-order valence-corrected chi connectivity index (χ4v) is 6.64. The van der Waals surface area contributed by atoms with E-state index in [0.717, 1.165) is 80.6 Å². The van der Waals surface area contributed by atoms with Crippen molar-refractivity contribution < 1.29 is 13.2 Å². The molecular weight excluding hydrogens is 545 g/mol. The number of nitrogens with zero attached hydrogens (tertiary/aromatic N) is 7. The molecule has 3 aliphatic rings. The molecule has 4 aromatic heterocycles. The molecule has 222 valence electrons. The molecule has 0 amide bonds. The Bertz CT molecular complexity index is 1540. The average molecular weight is 581 g/mol. The molecule has 0 aromatic carbocycles. The van der Waals surface area contributed by atoms with Gasteiger partial charge in [-0.3, -0.25) is 9.58 Å². The summed E-state index contributed by atoms with van der Waals surface area (Å²) in [5.41, 5.74) is 8.46. The Labute approximate surface area is 241 Å². The smallest absolute Gasteiger partial charge is 0.367 e. The van der Waals surface area contributed by atoms with E-state index in [1.807, 2.05) is 29.3 Å². The van der Waals surface area contributed by atoms with Crippen molar-refractivity contribution in [2.24, 2.45) is 5.73 Å². The summed E-state index contributed by atoms with van der Waals surface area (Å²) in [6.45, 7) is 4.62. The van der Waals surface area contributed by atoms with Gasteiger partial charge in [0.05, 0.1) is 17.4 Å². The Hall–Kier alpha value is -3.55. The second-order valence-corrected chi connectivity index (χ2v) is 12.0. The fraction of sp³-hybridized carbons (Fsp3) is 0.517. The van der Waals surface area contributed by atoms with E-state index in [9.17, 15) is 13.2 Å². The highest BCUT2D eigenvalue weighted by atomic mass is 19.4. The van der Waals surface area contributed by atoms with Crippen LogP contribution in [0.4, 0.5) is 19.0 Å². The lowest BCUT2D eigenvalue weighted by molar-refractivity contribution is -0.141. The zero-order chi connectivity index (χ0) is 28.9. The summed E-state index contributed by atoms with van der Waals surface area (Å²) in [4.78, 5) is 20.5. The molecule has 4 aromatic rings. The Balaban J connectivity index is 0.971. The number of piperidine rings is 1. The summed E-state index contributed by atoms with van der Waals surface area (Å²) < 4.78 is 42.7. The summed E-state index contributed by atoms with van der Waals surface area (Å²) in [7, 11) is 0. The highest BCUT2D eigenvalue weighted by Gasteiger charge is 2.48. The van der Waals surface area contributed by atoms with Crippen molar-refractivity contribution >= 4 is 16.9 Å². The lowest BCUT2D eigenvalue weighted by Gasteiger charge is -2.52. The molecule has 1 saturated carbocycles. The third kappa shape index (κ3) is 5.13. The van der Waals surface area contributed by atoms with Gasteiger partial charge in [-0.2, -0.15) is 18.3 Å². The van der Waals surface area contributed by atoms with Gasteiger partial charge in [0.1, 0.15) is 23.5 Å². The third-order valence-electron chi connectivity index (χ3n) is 9.24. The lowest BCUT2D eigenvalue weighted by atomic mass is 9.71. The molecule has 6 heterocycles. The standard InChI is InChI=1S/C29H35F3N10/c30-29(31,32)24-10-19(15-40-6-1-7-40)11-25(39-24)38-21-3-8-41(9-4-21)22-12-28(13-22,17-33)42-16-20(14-37-42)26-23-2-5-34-27(23)36-18-35-26/h2,5,10-11,14,16,18,21-22H,1,3-4,6-9,12-13,15,17,33H2,(H,38,39)(H,34,35,36). The number of nitrogens with two attached hydrogens (primary N) is 1. The van der Waals surface area contributed by atoms with Gasteiger partial charge in [0.15, 0.2) is 0 Å². The predicted octanol–water partition coefficient (Wildman–Crippen LogP) is 3.83. The quantitative estimate of drug-likeness (QED) is 0.288. The number of rotatable bonds is 8. The van der Waals surface area contributed by atoms with Crippen LogP contribution >= 0.6 is 0 Å². The number of aromatic amines is 1. The first-order chi connectivity index (χ1) is 20.3. The van der Waals surface area contributed by atoms with Crippen LogP contribution in [0, 0.1) is 0 Å². The number of fused-ring (bicyclic) bond motifs is 1. The highest BCUT2D eigenvalue weighted by molar-refractivity contribution is 5.90. The number of nitrogens with one attached hydrogen (secondary N) is 2. The number of halogens is 3. The Morgan fingerprint density at radius 1 is 1.10 bits per heavy atom. The van der Waals surface area contributed by atoms with Crippen LogP contribution in [0.25, 0.3) is 22.3 Å². The zero-order valence-corrected chi connectivity index (χ0v) is 23.3. The number of hydrogen-bond donors (Lipinski definition) is 3. The lowest BCUT2D eigenvalue weighted by Crippen LogP contribution is -2.61. The van der Waals surface area contributed by atoms with Gasteiger partial charge in [-0.15, -0.1) is 0 Å². The van der Waals surface area contributed by atoms with Gasteiger partial charge in [-0.25, -0.2) is 15.0 Å². The number of H-pyrrole nitrogens is 1. The van der Waals surface area contributed by atoms with Gasteiger partial charge in [-0.1, -0.05) is 0 Å². The Kier molecular flexibility index (Phi) is 6.90. The van der Waals surface area contributed by atoms with E-state index in [4.69, 9.17) is 10.8 Å². The topological polar surface area (TPSA) is 117 Å². The number of likely N-dealkylation sites (tertiary alicyclic amines) is 2. The zero-order valence-electron chi connectivity index (χ0n) is 23.3. The van der Waals surface area contributed by atoms with Crippen LogP contribution in [0.5, 0.6) is 0 Å². The first-order valence-corrected chi connectivity index (χ1v) is 14.6. The molecule has 0 atom stereocenters. The van der Waals surface area contributed by atoms with Gasteiger partial charge in [0.25, 0.3) is 0 Å². The SMILES string of the molecule is NCC1(n2cc(-c3ncnc4[nH]ccc34)cn2)CC(N2CCC(Nc3cc(CN4CCC4)cc(C(F)(F)F)n3)CC2)C1. The number of aromatic nitrogens is 6. The highest BCUT2D eigenvalue weighted by Crippen LogP contribution is 2.43. The first-order valence-electron chi connectivity index (χ1n) is 14.6.